The Hall–Kier alpha value is -1.00. The predicted molar refractivity (Wildman–Crippen MR) is 85.8 cm³/mol. The zero-order chi connectivity index (χ0) is 15.2. The summed E-state index contributed by atoms with van der Waals surface area (Å²) in [4.78, 5) is 16.1. The van der Waals surface area contributed by atoms with Crippen molar-refractivity contribution < 1.29 is 18.0 Å². The maximum Gasteiger partial charge on any atom is 0.406 e. The lowest BCUT2D eigenvalue weighted by molar-refractivity contribution is -0.157. The first-order chi connectivity index (χ1) is 9.31. The van der Waals surface area contributed by atoms with Gasteiger partial charge in [-0.1, -0.05) is 12.2 Å². The predicted octanol–water partition coefficient (Wildman–Crippen LogP) is 1.51. The third kappa shape index (κ3) is 8.12. The van der Waals surface area contributed by atoms with Gasteiger partial charge in [0.15, 0.2) is 5.96 Å². The maximum atomic E-state index is 12.1. The molecule has 0 saturated carbocycles. The van der Waals surface area contributed by atoms with Crippen LogP contribution in [0.25, 0.3) is 0 Å². The Morgan fingerprint density at radius 2 is 1.95 bits per heavy atom. The highest BCUT2D eigenvalue weighted by Gasteiger charge is 2.31. The molecular formula is C12H20F3IN4O. The van der Waals surface area contributed by atoms with Gasteiger partial charge in [-0.25, -0.2) is 0 Å². The minimum atomic E-state index is -4.39. The van der Waals surface area contributed by atoms with Gasteiger partial charge in [0.1, 0.15) is 6.54 Å². The monoisotopic (exact) mass is 420 g/mol. The minimum Gasteiger partial charge on any atom is -0.353 e. The molecule has 1 aliphatic carbocycles. The average molecular weight is 420 g/mol. The Morgan fingerprint density at radius 3 is 2.43 bits per heavy atom. The number of halogens is 4. The maximum absolute atomic E-state index is 12.1. The molecule has 1 amide bonds. The largest absolute Gasteiger partial charge is 0.406 e. The number of aliphatic imine (C=N–C) groups is 1. The highest BCUT2D eigenvalue weighted by molar-refractivity contribution is 14.0. The normalized spacial score (nSPS) is 15.6. The van der Waals surface area contributed by atoms with E-state index in [1.165, 1.54) is 0 Å². The summed E-state index contributed by atoms with van der Waals surface area (Å²) < 4.78 is 36.4. The van der Waals surface area contributed by atoms with Gasteiger partial charge in [0.05, 0.1) is 6.54 Å². The van der Waals surface area contributed by atoms with Crippen LogP contribution in [0.15, 0.2) is 17.1 Å². The Labute approximate surface area is 139 Å². The Morgan fingerprint density at radius 1 is 1.38 bits per heavy atom. The summed E-state index contributed by atoms with van der Waals surface area (Å²) in [5.41, 5.74) is 0. The van der Waals surface area contributed by atoms with E-state index in [9.17, 15) is 18.0 Å². The smallest absolute Gasteiger partial charge is 0.353 e. The number of likely N-dealkylation sites (N-methyl/N-ethyl adjacent to an activating group) is 1. The number of hydrogen-bond acceptors (Lipinski definition) is 2. The van der Waals surface area contributed by atoms with Crippen molar-refractivity contribution in [1.82, 2.24) is 15.5 Å². The number of hydrogen-bond donors (Lipinski definition) is 2. The van der Waals surface area contributed by atoms with E-state index in [0.717, 1.165) is 19.9 Å². The van der Waals surface area contributed by atoms with Gasteiger partial charge in [0.25, 0.3) is 0 Å². The molecule has 0 aromatic carbocycles. The number of guanidine groups is 1. The first kappa shape index (κ1) is 20.0. The summed E-state index contributed by atoms with van der Waals surface area (Å²) in [7, 11) is 2.66. The van der Waals surface area contributed by atoms with Crippen molar-refractivity contribution in [2.24, 2.45) is 4.99 Å². The molecule has 9 heteroatoms. The third-order valence-electron chi connectivity index (χ3n) is 2.82. The number of carbonyl (C=O) groups is 1. The lowest BCUT2D eigenvalue weighted by Crippen LogP contribution is -2.47. The second kappa shape index (κ2) is 9.11. The molecule has 0 aliphatic heterocycles. The number of amides is 1. The molecule has 1 aliphatic rings. The van der Waals surface area contributed by atoms with Gasteiger partial charge >= 0.3 is 6.18 Å². The van der Waals surface area contributed by atoms with Gasteiger partial charge in [-0.15, -0.1) is 24.0 Å². The molecule has 0 spiro atoms. The lowest BCUT2D eigenvalue weighted by atomic mass is 10.2. The molecular weight excluding hydrogens is 400 g/mol. The Bertz CT molecular complexity index is 390. The van der Waals surface area contributed by atoms with Crippen LogP contribution in [0.5, 0.6) is 0 Å². The summed E-state index contributed by atoms with van der Waals surface area (Å²) in [6.07, 6.45) is 1.41. The summed E-state index contributed by atoms with van der Waals surface area (Å²) in [5, 5.41) is 5.81. The van der Waals surface area contributed by atoms with Crippen LogP contribution in [-0.2, 0) is 4.79 Å². The zero-order valence-electron chi connectivity index (χ0n) is 11.9. The van der Waals surface area contributed by atoms with Gasteiger partial charge in [0.2, 0.25) is 5.91 Å². The summed E-state index contributed by atoms with van der Waals surface area (Å²) >= 11 is 0. The van der Waals surface area contributed by atoms with Gasteiger partial charge in [-0.05, 0) is 12.8 Å². The van der Waals surface area contributed by atoms with E-state index in [0.29, 0.717) is 10.9 Å². The topological polar surface area (TPSA) is 56.7 Å². The number of nitrogens with zero attached hydrogens (tertiary/aromatic N) is 2. The van der Waals surface area contributed by atoms with Crippen molar-refractivity contribution >= 4 is 35.8 Å². The van der Waals surface area contributed by atoms with Crippen LogP contribution in [0.3, 0.4) is 0 Å². The average Bonchev–Trinajstić information content (AvgIpc) is 2.84. The SMILES string of the molecule is CN=C(NCC(=O)N(C)CC(F)(F)F)NC1CC=CC1.I. The van der Waals surface area contributed by atoms with Crippen LogP contribution in [0, 0.1) is 0 Å². The molecule has 0 fully saturated rings. The summed E-state index contributed by atoms with van der Waals surface area (Å²) in [6, 6.07) is 0.212. The van der Waals surface area contributed by atoms with Crippen molar-refractivity contribution in [3.05, 3.63) is 12.2 Å². The Kier molecular flexibility index (Phi) is 8.67. The molecule has 1 rings (SSSR count). The van der Waals surface area contributed by atoms with Gasteiger partial charge in [0, 0.05) is 20.1 Å². The summed E-state index contributed by atoms with van der Waals surface area (Å²) in [5.74, 6) is -0.234. The fraction of sp³-hybridized carbons (Fsp3) is 0.667. The van der Waals surface area contributed by atoms with E-state index in [2.05, 4.69) is 15.6 Å². The summed E-state index contributed by atoms with van der Waals surface area (Å²) in [6.45, 7) is -1.49. The van der Waals surface area contributed by atoms with Crippen molar-refractivity contribution in [1.29, 1.82) is 0 Å². The van der Waals surface area contributed by atoms with Crippen LogP contribution < -0.4 is 10.6 Å². The van der Waals surface area contributed by atoms with Crippen LogP contribution in [-0.4, -0.2) is 56.2 Å². The van der Waals surface area contributed by atoms with Crippen molar-refractivity contribution in [2.75, 3.05) is 27.2 Å². The standard InChI is InChI=1S/C12H19F3N4O.HI/c1-16-11(18-9-5-3-4-6-9)17-7-10(20)19(2)8-12(13,14)15;/h3-4,9H,5-8H2,1-2H3,(H2,16,17,18);1H. The molecule has 0 unspecified atom stereocenters. The zero-order valence-corrected chi connectivity index (χ0v) is 14.2. The van der Waals surface area contributed by atoms with Gasteiger partial charge in [-0.3, -0.25) is 9.79 Å². The van der Waals surface area contributed by atoms with E-state index in [4.69, 9.17) is 0 Å². The molecule has 0 saturated heterocycles. The molecule has 21 heavy (non-hydrogen) atoms. The molecule has 0 atom stereocenters. The third-order valence-corrected chi connectivity index (χ3v) is 2.82. The number of carbonyl (C=O) groups excluding carboxylic acids is 1. The lowest BCUT2D eigenvalue weighted by Gasteiger charge is -2.21. The molecule has 0 radical (unpaired) electrons. The first-order valence-corrected chi connectivity index (χ1v) is 6.24. The van der Waals surface area contributed by atoms with Crippen molar-refractivity contribution in [3.63, 3.8) is 0 Å². The second-order valence-corrected chi connectivity index (χ2v) is 4.57. The van der Waals surface area contributed by atoms with E-state index in [1.54, 1.807) is 7.05 Å². The molecule has 122 valence electrons. The molecule has 0 aromatic heterocycles. The van der Waals surface area contributed by atoms with E-state index in [1.807, 2.05) is 12.2 Å². The van der Waals surface area contributed by atoms with E-state index >= 15 is 0 Å². The van der Waals surface area contributed by atoms with Crippen LogP contribution in [0.2, 0.25) is 0 Å². The second-order valence-electron chi connectivity index (χ2n) is 4.57. The fourth-order valence-electron chi connectivity index (χ4n) is 1.77. The molecule has 2 N–H and O–H groups in total. The molecule has 0 heterocycles. The van der Waals surface area contributed by atoms with Crippen LogP contribution >= 0.6 is 24.0 Å². The van der Waals surface area contributed by atoms with Gasteiger partial charge in [-0.2, -0.15) is 13.2 Å². The molecule has 0 bridgehead atoms. The van der Waals surface area contributed by atoms with Crippen molar-refractivity contribution in [2.45, 2.75) is 25.1 Å². The Balaban J connectivity index is 0.00000400. The van der Waals surface area contributed by atoms with Gasteiger partial charge < -0.3 is 15.5 Å². The highest BCUT2D eigenvalue weighted by atomic mass is 127. The van der Waals surface area contributed by atoms with Crippen LogP contribution in [0.1, 0.15) is 12.8 Å². The van der Waals surface area contributed by atoms with Crippen LogP contribution in [0.4, 0.5) is 13.2 Å². The molecule has 5 nitrogen and oxygen atoms in total. The molecule has 0 aromatic rings. The highest BCUT2D eigenvalue weighted by Crippen LogP contribution is 2.15. The quantitative estimate of drug-likeness (QED) is 0.314. The first-order valence-electron chi connectivity index (χ1n) is 6.24. The van der Waals surface area contributed by atoms with Crippen molar-refractivity contribution in [3.8, 4) is 0 Å². The minimum absolute atomic E-state index is 0. The number of nitrogens with one attached hydrogen (secondary N) is 2. The fourth-order valence-corrected chi connectivity index (χ4v) is 1.77. The van der Waals surface area contributed by atoms with E-state index in [-0.39, 0.29) is 36.6 Å². The number of rotatable bonds is 4. The van der Waals surface area contributed by atoms with E-state index < -0.39 is 18.6 Å². The number of alkyl halides is 3.